The lowest BCUT2D eigenvalue weighted by Crippen LogP contribution is -2.37. The van der Waals surface area contributed by atoms with Gasteiger partial charge in [-0.3, -0.25) is 33.2 Å². The Labute approximate surface area is 251 Å². The predicted octanol–water partition coefficient (Wildman–Crippen LogP) is 1.34. The summed E-state index contributed by atoms with van der Waals surface area (Å²) in [6.45, 7) is 0.755. The maximum absolute atomic E-state index is 13.4. The molecule has 41 heavy (non-hydrogen) atoms. The third kappa shape index (κ3) is 7.10. The Balaban J connectivity index is 1.80. The number of anilines is 1. The number of thioether (sulfide) groups is 2. The van der Waals surface area contributed by atoms with E-state index in [4.69, 9.17) is 21.9 Å². The summed E-state index contributed by atoms with van der Waals surface area (Å²) in [6.07, 6.45) is 2.48. The molecule has 1 aromatic carbocycles. The highest BCUT2D eigenvalue weighted by Gasteiger charge is 2.35. The summed E-state index contributed by atoms with van der Waals surface area (Å²) < 4.78 is 32.5. The first-order chi connectivity index (χ1) is 19.3. The van der Waals surface area contributed by atoms with Crippen LogP contribution in [0.5, 0.6) is 0 Å². The van der Waals surface area contributed by atoms with E-state index in [0.29, 0.717) is 18.5 Å². The van der Waals surface area contributed by atoms with E-state index in [9.17, 15) is 32.7 Å². The molecule has 0 atom stereocenters. The molecule has 1 saturated heterocycles. The summed E-state index contributed by atoms with van der Waals surface area (Å²) in [7, 11) is -4.08. The van der Waals surface area contributed by atoms with Crippen molar-refractivity contribution in [2.75, 3.05) is 23.7 Å². The van der Waals surface area contributed by atoms with Crippen LogP contribution in [0.15, 0.2) is 45.1 Å². The molecule has 218 valence electrons. The normalized spacial score (nSPS) is 18.3. The lowest BCUT2D eigenvalue weighted by atomic mass is 10.2. The molecule has 0 spiro atoms. The minimum atomic E-state index is -4.08. The molecule has 2 aliphatic heterocycles. The van der Waals surface area contributed by atoms with E-state index in [-0.39, 0.29) is 30.6 Å². The van der Waals surface area contributed by atoms with Crippen LogP contribution in [-0.2, 0) is 31.0 Å². The maximum atomic E-state index is 13.4. The van der Waals surface area contributed by atoms with Crippen molar-refractivity contribution >= 4 is 95.5 Å². The number of unbranched alkanes of at least 4 members (excludes halogenated alkanes) is 1. The molecule has 4 rings (SSSR count). The van der Waals surface area contributed by atoms with Gasteiger partial charge < -0.3 is 15.1 Å². The monoisotopic (exact) mass is 657 g/mol. The molecule has 0 saturated carbocycles. The number of rotatable bonds is 10. The van der Waals surface area contributed by atoms with E-state index in [1.54, 1.807) is 13.0 Å². The Kier molecular flexibility index (Phi) is 9.45. The molecular formula is C24H23N3O9S5. The number of hydrogen-bond donors (Lipinski definition) is 3. The highest BCUT2D eigenvalue weighted by Crippen LogP contribution is 2.46. The van der Waals surface area contributed by atoms with Crippen LogP contribution in [0.1, 0.15) is 19.8 Å². The molecule has 2 aliphatic rings. The number of carbonyl (C=O) groups excluding carboxylic acids is 1. The fraction of sp³-hybridized carbons (Fsp3) is 0.292. The van der Waals surface area contributed by atoms with Gasteiger partial charge in [-0.1, -0.05) is 47.9 Å². The molecule has 1 amide bonds. The van der Waals surface area contributed by atoms with Gasteiger partial charge in [-0.15, -0.1) is 11.3 Å². The maximum Gasteiger partial charge on any atom is 0.323 e. The number of nitrogens with zero attached hydrogens (tertiary/aromatic N) is 3. The van der Waals surface area contributed by atoms with Crippen LogP contribution in [0, 0.1) is 0 Å². The van der Waals surface area contributed by atoms with Crippen LogP contribution in [-0.4, -0.2) is 73.7 Å². The first kappa shape index (κ1) is 31.0. The van der Waals surface area contributed by atoms with Crippen molar-refractivity contribution in [3.8, 4) is 0 Å². The number of benzene rings is 1. The number of hydrogen-bond acceptors (Lipinski definition) is 11. The van der Waals surface area contributed by atoms with Gasteiger partial charge >= 0.3 is 11.9 Å². The molecule has 2 aromatic rings. The zero-order chi connectivity index (χ0) is 30.1. The van der Waals surface area contributed by atoms with Crippen molar-refractivity contribution in [3.05, 3.63) is 54.9 Å². The van der Waals surface area contributed by atoms with Crippen molar-refractivity contribution in [2.45, 2.75) is 31.2 Å². The first-order valence-corrected chi connectivity index (χ1v) is 16.4. The molecule has 12 nitrogen and oxygen atoms in total. The molecule has 1 fully saturated rings. The highest BCUT2D eigenvalue weighted by atomic mass is 32.2. The van der Waals surface area contributed by atoms with E-state index < -0.39 is 46.6 Å². The Bertz CT molecular complexity index is 1780. The van der Waals surface area contributed by atoms with Crippen LogP contribution >= 0.6 is 47.1 Å². The summed E-state index contributed by atoms with van der Waals surface area (Å²) in [5.74, 6) is -3.65. The number of aromatic nitrogens is 1. The molecule has 0 unspecified atom stereocenters. The van der Waals surface area contributed by atoms with Gasteiger partial charge in [0.1, 0.15) is 27.0 Å². The molecule has 17 heteroatoms. The molecule has 0 radical (unpaired) electrons. The Hall–Kier alpha value is -2.96. The quantitative estimate of drug-likeness (QED) is 0.190. The number of thiocarbonyl (C=S) groups is 1. The van der Waals surface area contributed by atoms with Gasteiger partial charge in [0.2, 0.25) is 0 Å². The van der Waals surface area contributed by atoms with Gasteiger partial charge in [0, 0.05) is 11.4 Å². The standard InChI is InChI=1S/C24H23N3O9S5/c1-13(10-16-25(8-4-5-9-41(34,35)36)14-6-2-3-7-15(14)38-16)19-21(32)26(11-17(28)29)23(39-19)20-22(33)27(12-18(30)31)24(37)40-20/h2-3,6-7,10H,4-5,8-9,11-12H2,1H3,(H,28,29)(H,30,31)(H,34,35,36)/b16-10-,19-13-,23-20+. The van der Waals surface area contributed by atoms with Crippen LogP contribution < -0.4 is 19.7 Å². The van der Waals surface area contributed by atoms with Gasteiger partial charge in [0.05, 0.1) is 21.0 Å². The molecule has 0 bridgehead atoms. The lowest BCUT2D eigenvalue weighted by molar-refractivity contribution is -0.140. The minimum absolute atomic E-state index is 0.00995. The number of aliphatic carboxylic acids is 2. The average molecular weight is 658 g/mol. The van der Waals surface area contributed by atoms with Crippen molar-refractivity contribution in [3.63, 3.8) is 0 Å². The van der Waals surface area contributed by atoms with Crippen molar-refractivity contribution in [1.82, 2.24) is 9.47 Å². The largest absolute Gasteiger partial charge is 0.480 e. The number of amides is 1. The zero-order valence-corrected chi connectivity index (χ0v) is 25.4. The SMILES string of the molecule is CC(/C=C1\Sc2ccccc2N1CCCCS(=O)(=O)O)=c1/s/c(=C2/SC(=S)N(CC(=O)O)C2=O)n(CC(=O)O)c1=O. The van der Waals surface area contributed by atoms with E-state index in [1.165, 1.54) is 11.8 Å². The second-order valence-electron chi connectivity index (χ2n) is 8.88. The summed E-state index contributed by atoms with van der Waals surface area (Å²) >= 11 is 8.34. The van der Waals surface area contributed by atoms with Crippen LogP contribution in [0.25, 0.3) is 10.5 Å². The number of allylic oxidation sites excluding steroid dienone is 1. The number of thiazole rings is 1. The Morgan fingerprint density at radius 1 is 1.02 bits per heavy atom. The summed E-state index contributed by atoms with van der Waals surface area (Å²) in [6, 6.07) is 7.58. The van der Waals surface area contributed by atoms with E-state index >= 15 is 0 Å². The molecule has 3 N–H and O–H groups in total. The summed E-state index contributed by atoms with van der Waals surface area (Å²) in [4.78, 5) is 53.0. The molecular weight excluding hydrogens is 635 g/mol. The van der Waals surface area contributed by atoms with Gasteiger partial charge in [0.25, 0.3) is 21.6 Å². The fourth-order valence-corrected chi connectivity index (χ4v) is 8.38. The summed E-state index contributed by atoms with van der Waals surface area (Å²) in [5, 5.41) is 19.3. The highest BCUT2D eigenvalue weighted by molar-refractivity contribution is 8.30. The van der Waals surface area contributed by atoms with Crippen molar-refractivity contribution < 1.29 is 37.6 Å². The Morgan fingerprint density at radius 3 is 2.37 bits per heavy atom. The second kappa shape index (κ2) is 12.5. The molecule has 1 aromatic heterocycles. The number of para-hydroxylation sites is 1. The second-order valence-corrected chi connectivity index (χ2v) is 14.2. The third-order valence-corrected chi connectivity index (χ3v) is 10.7. The number of fused-ring (bicyclic) bond motifs is 1. The lowest BCUT2D eigenvalue weighted by Gasteiger charge is -2.20. The van der Waals surface area contributed by atoms with Crippen LogP contribution in [0.2, 0.25) is 0 Å². The Morgan fingerprint density at radius 2 is 1.71 bits per heavy atom. The molecule has 3 heterocycles. The van der Waals surface area contributed by atoms with Gasteiger partial charge in [-0.2, -0.15) is 8.42 Å². The summed E-state index contributed by atoms with van der Waals surface area (Å²) in [5.41, 5.74) is 0.782. The third-order valence-electron chi connectivity index (χ3n) is 5.88. The topological polar surface area (TPSA) is 175 Å². The average Bonchev–Trinajstić information content (AvgIpc) is 3.48. The minimum Gasteiger partial charge on any atom is -0.480 e. The van der Waals surface area contributed by atoms with Crippen molar-refractivity contribution in [1.29, 1.82) is 0 Å². The van der Waals surface area contributed by atoms with E-state index in [1.807, 2.05) is 29.2 Å². The predicted molar refractivity (Wildman–Crippen MR) is 161 cm³/mol. The number of carboxylic acids is 2. The van der Waals surface area contributed by atoms with Gasteiger partial charge in [-0.05, 0) is 43.5 Å². The zero-order valence-electron chi connectivity index (χ0n) is 21.3. The van der Waals surface area contributed by atoms with E-state index in [2.05, 4.69) is 0 Å². The smallest absolute Gasteiger partial charge is 0.323 e. The number of carboxylic acid groups (broad SMARTS) is 2. The first-order valence-electron chi connectivity index (χ1n) is 11.9. The van der Waals surface area contributed by atoms with E-state index in [0.717, 1.165) is 48.2 Å². The molecule has 0 aliphatic carbocycles. The van der Waals surface area contributed by atoms with Crippen molar-refractivity contribution in [2.24, 2.45) is 0 Å². The van der Waals surface area contributed by atoms with Crippen LogP contribution in [0.3, 0.4) is 0 Å². The fourth-order valence-electron chi connectivity index (χ4n) is 4.10. The van der Waals surface area contributed by atoms with Crippen LogP contribution in [0.4, 0.5) is 5.69 Å². The van der Waals surface area contributed by atoms with Gasteiger partial charge in [0.15, 0.2) is 0 Å². The number of carbonyl (C=O) groups is 3. The van der Waals surface area contributed by atoms with Gasteiger partial charge in [-0.25, -0.2) is 0 Å².